The van der Waals surface area contributed by atoms with Gasteiger partial charge in [0.05, 0.1) is 40.6 Å². The highest BCUT2D eigenvalue weighted by Crippen LogP contribution is 2.69. The van der Waals surface area contributed by atoms with E-state index in [0.29, 0.717) is 17.7 Å². The van der Waals surface area contributed by atoms with Gasteiger partial charge in [0.1, 0.15) is 0 Å². The number of ether oxygens (including phenoxy) is 2. The zero-order valence-corrected chi connectivity index (χ0v) is 21.4. The van der Waals surface area contributed by atoms with Gasteiger partial charge in [0.15, 0.2) is 17.6 Å². The molecule has 0 radical (unpaired) electrons. The summed E-state index contributed by atoms with van der Waals surface area (Å²) in [5.74, 6) is 1.42. The van der Waals surface area contributed by atoms with Crippen molar-refractivity contribution in [2.45, 2.75) is 56.3 Å². The Hall–Kier alpha value is -3.16. The Morgan fingerprint density at radius 3 is 2.78 bits per heavy atom. The number of anilines is 1. The number of carbonyl (C=O) groups excluding carboxylic acids is 1. The molecule has 8 rings (SSSR count). The van der Waals surface area contributed by atoms with Gasteiger partial charge in [0.2, 0.25) is 0 Å². The molecule has 7 heteroatoms. The molecule has 1 N–H and O–H groups in total. The average molecular weight is 486 g/mol. The zero-order valence-electron chi connectivity index (χ0n) is 21.4. The van der Waals surface area contributed by atoms with E-state index in [9.17, 15) is 9.90 Å². The van der Waals surface area contributed by atoms with Crippen LogP contribution < -0.4 is 14.4 Å². The zero-order chi connectivity index (χ0) is 25.1. The summed E-state index contributed by atoms with van der Waals surface area (Å²) in [5.41, 5.74) is 4.83. The number of fused-ring (bicyclic) bond motifs is 3. The lowest BCUT2D eigenvalue weighted by Crippen LogP contribution is -2.74. The SMILES string of the molecule is CC.COc1ccc2c3c1OC1c4nc5cccc6c5c(c4CC4(O)[C@@H](C2)N(C)CC[C@]314)N(C)C6=O. The molecule has 3 aromatic rings. The van der Waals surface area contributed by atoms with Crippen molar-refractivity contribution in [3.63, 3.8) is 0 Å². The fraction of sp³-hybridized carbons (Fsp3) is 0.448. The number of piperidine rings is 1. The third-order valence-electron chi connectivity index (χ3n) is 9.37. The van der Waals surface area contributed by atoms with Crippen molar-refractivity contribution < 1.29 is 19.4 Å². The van der Waals surface area contributed by atoms with Crippen LogP contribution in [0.1, 0.15) is 59.1 Å². The van der Waals surface area contributed by atoms with Gasteiger partial charge >= 0.3 is 0 Å². The minimum Gasteiger partial charge on any atom is -0.493 e. The van der Waals surface area contributed by atoms with Gasteiger partial charge in [-0.05, 0) is 50.2 Å². The summed E-state index contributed by atoms with van der Waals surface area (Å²) in [6.45, 7) is 4.88. The van der Waals surface area contributed by atoms with Crippen molar-refractivity contribution >= 4 is 22.5 Å². The molecule has 1 spiro atoms. The van der Waals surface area contributed by atoms with Crippen LogP contribution in [0.15, 0.2) is 30.3 Å². The number of methoxy groups -OCH3 is 1. The summed E-state index contributed by atoms with van der Waals surface area (Å²) in [4.78, 5) is 22.3. The number of likely N-dealkylation sites (N-methyl/N-ethyl adjacent to an activating group) is 1. The second-order valence-electron chi connectivity index (χ2n) is 10.5. The third kappa shape index (κ3) is 2.20. The van der Waals surface area contributed by atoms with Crippen molar-refractivity contribution in [3.05, 3.63) is 58.3 Å². The molecule has 2 aromatic carbocycles. The Morgan fingerprint density at radius 1 is 1.19 bits per heavy atom. The first-order valence-corrected chi connectivity index (χ1v) is 12.9. The van der Waals surface area contributed by atoms with Gasteiger partial charge in [-0.2, -0.15) is 0 Å². The molecule has 3 aliphatic heterocycles. The molecule has 1 saturated heterocycles. The van der Waals surface area contributed by atoms with Crippen LogP contribution in [0.3, 0.4) is 0 Å². The van der Waals surface area contributed by atoms with Crippen LogP contribution >= 0.6 is 0 Å². The molecular formula is C29H31N3O4. The van der Waals surface area contributed by atoms with Crippen molar-refractivity contribution in [1.82, 2.24) is 9.88 Å². The van der Waals surface area contributed by atoms with Crippen molar-refractivity contribution in [2.75, 3.05) is 32.6 Å². The first kappa shape index (κ1) is 22.1. The van der Waals surface area contributed by atoms with Gasteiger partial charge in [0.25, 0.3) is 5.91 Å². The summed E-state index contributed by atoms with van der Waals surface area (Å²) >= 11 is 0. The van der Waals surface area contributed by atoms with Gasteiger partial charge in [0, 0.05) is 36.0 Å². The number of hydrogen-bond donors (Lipinski definition) is 1. The first-order chi connectivity index (χ1) is 17.4. The predicted octanol–water partition coefficient (Wildman–Crippen LogP) is 3.78. The molecule has 7 nitrogen and oxygen atoms in total. The Balaban J connectivity index is 0.00000108. The van der Waals surface area contributed by atoms with Crippen molar-refractivity contribution in [1.29, 1.82) is 0 Å². The third-order valence-corrected chi connectivity index (χ3v) is 9.37. The highest BCUT2D eigenvalue weighted by Gasteiger charge is 2.72. The lowest BCUT2D eigenvalue weighted by Gasteiger charge is -2.62. The van der Waals surface area contributed by atoms with Crippen LogP contribution in [0, 0.1) is 0 Å². The second kappa shape index (κ2) is 6.99. The van der Waals surface area contributed by atoms with E-state index in [1.807, 2.05) is 45.2 Å². The van der Waals surface area contributed by atoms with Crippen LogP contribution in [0.4, 0.5) is 5.69 Å². The summed E-state index contributed by atoms with van der Waals surface area (Å²) in [7, 11) is 5.60. The summed E-state index contributed by atoms with van der Waals surface area (Å²) in [6.07, 6.45) is 1.54. The monoisotopic (exact) mass is 485 g/mol. The van der Waals surface area contributed by atoms with E-state index in [1.54, 1.807) is 12.0 Å². The Bertz CT molecular complexity index is 1490. The molecular weight excluding hydrogens is 454 g/mol. The highest BCUT2D eigenvalue weighted by atomic mass is 16.5. The molecule has 2 bridgehead atoms. The number of pyridine rings is 1. The minimum absolute atomic E-state index is 0.0244. The number of aromatic nitrogens is 1. The van der Waals surface area contributed by atoms with Gasteiger partial charge in [-0.3, -0.25) is 4.79 Å². The molecule has 1 fully saturated rings. The molecule has 4 heterocycles. The predicted molar refractivity (Wildman–Crippen MR) is 137 cm³/mol. The molecule has 0 saturated carbocycles. The van der Waals surface area contributed by atoms with E-state index in [0.717, 1.165) is 58.5 Å². The Kier molecular flexibility index (Phi) is 4.28. The molecule has 2 unspecified atom stereocenters. The number of rotatable bonds is 1. The van der Waals surface area contributed by atoms with Crippen LogP contribution in [0.25, 0.3) is 10.9 Å². The van der Waals surface area contributed by atoms with Crippen molar-refractivity contribution in [3.8, 4) is 11.5 Å². The average Bonchev–Trinajstić information content (AvgIpc) is 3.37. The fourth-order valence-electron chi connectivity index (χ4n) is 7.92. The van der Waals surface area contributed by atoms with Gasteiger partial charge in [-0.1, -0.05) is 26.0 Å². The number of likely N-dealkylation sites (tertiary alicyclic amines) is 1. The molecule has 2 aliphatic carbocycles. The van der Waals surface area contributed by atoms with E-state index < -0.39 is 17.1 Å². The summed E-state index contributed by atoms with van der Waals surface area (Å²) in [5, 5.41) is 13.6. The molecule has 5 aliphatic rings. The summed E-state index contributed by atoms with van der Waals surface area (Å²) in [6, 6.07) is 9.81. The summed E-state index contributed by atoms with van der Waals surface area (Å²) < 4.78 is 12.5. The Labute approximate surface area is 210 Å². The maximum Gasteiger partial charge on any atom is 0.258 e. The van der Waals surface area contributed by atoms with E-state index >= 15 is 0 Å². The van der Waals surface area contributed by atoms with Crippen LogP contribution in [-0.2, 0) is 18.3 Å². The Morgan fingerprint density at radius 2 is 2.00 bits per heavy atom. The van der Waals surface area contributed by atoms with E-state index in [1.165, 1.54) is 5.56 Å². The molecule has 4 atom stereocenters. The van der Waals surface area contributed by atoms with Gasteiger partial charge in [-0.25, -0.2) is 4.98 Å². The molecule has 1 amide bonds. The molecule has 36 heavy (non-hydrogen) atoms. The maximum atomic E-state index is 13.1. The van der Waals surface area contributed by atoms with Gasteiger partial charge < -0.3 is 24.4 Å². The van der Waals surface area contributed by atoms with Gasteiger partial charge in [-0.15, -0.1) is 0 Å². The fourth-order valence-corrected chi connectivity index (χ4v) is 7.92. The smallest absolute Gasteiger partial charge is 0.258 e. The normalized spacial score (nSPS) is 30.4. The number of carbonyl (C=O) groups is 1. The minimum atomic E-state index is -1.05. The lowest BCUT2D eigenvalue weighted by atomic mass is 9.49. The highest BCUT2D eigenvalue weighted by molar-refractivity contribution is 6.25. The van der Waals surface area contributed by atoms with E-state index in [4.69, 9.17) is 14.5 Å². The maximum absolute atomic E-state index is 13.1. The standard InChI is InChI=1S/C27H25N3O4.C2H6/c1-29-10-9-26-20-13-7-8-17(33-3)23(20)34-24(26)21-15(12-27(26,32)18(29)11-13)22-19-14(25(31)30(22)2)5-4-6-16(19)28-21;1-2/h4-8,18,24,32H,9-12H2,1-3H3;1-2H3/t18-,24?,26+,27?;/m1./s1. The number of nitrogens with zero attached hydrogens (tertiary/aromatic N) is 3. The van der Waals surface area contributed by atoms with E-state index in [2.05, 4.69) is 18.0 Å². The molecule has 186 valence electrons. The van der Waals surface area contributed by atoms with Crippen LogP contribution in [-0.4, -0.2) is 60.3 Å². The number of aliphatic hydroxyl groups is 1. The van der Waals surface area contributed by atoms with Crippen molar-refractivity contribution in [2.24, 2.45) is 0 Å². The molecule has 1 aromatic heterocycles. The van der Waals surface area contributed by atoms with E-state index in [-0.39, 0.29) is 11.9 Å². The quantitative estimate of drug-likeness (QED) is 0.566. The topological polar surface area (TPSA) is 75.1 Å². The van der Waals surface area contributed by atoms with Crippen LogP contribution in [0.5, 0.6) is 11.5 Å². The number of hydrogen-bond acceptors (Lipinski definition) is 6. The number of benzene rings is 2. The second-order valence-corrected chi connectivity index (χ2v) is 10.5. The van der Waals surface area contributed by atoms with Crippen LogP contribution in [0.2, 0.25) is 0 Å². The largest absolute Gasteiger partial charge is 0.493 e. The number of amides is 1. The lowest BCUT2D eigenvalue weighted by molar-refractivity contribution is -0.167. The first-order valence-electron chi connectivity index (χ1n) is 12.9.